The van der Waals surface area contributed by atoms with Crippen LogP contribution in [0.4, 0.5) is 0 Å². The smallest absolute Gasteiger partial charge is 0.377 e. The first-order valence-electron chi connectivity index (χ1n) is 5.47. The third-order valence-corrected chi connectivity index (χ3v) is 7.36. The predicted molar refractivity (Wildman–Crippen MR) is 74.5 cm³/mol. The molecule has 5 heteroatoms. The van der Waals surface area contributed by atoms with Gasteiger partial charge in [-0.25, -0.2) is 0 Å². The molecule has 0 aliphatic heterocycles. The average Bonchev–Trinajstić information content (AvgIpc) is 2.41. The molecular weight excluding hydrogens is 300 g/mol. The summed E-state index contributed by atoms with van der Waals surface area (Å²) in [5.41, 5.74) is 1.48. The quantitative estimate of drug-likeness (QED) is 0.571. The van der Waals surface area contributed by atoms with Gasteiger partial charge in [0.05, 0.1) is 0 Å². The van der Waals surface area contributed by atoms with Crippen LogP contribution in [-0.4, -0.2) is 35.5 Å². The lowest BCUT2D eigenvalue weighted by atomic mass is 10.1. The van der Waals surface area contributed by atoms with Gasteiger partial charge in [0.2, 0.25) is 0 Å². The van der Waals surface area contributed by atoms with Crippen molar-refractivity contribution in [3.05, 3.63) is 35.9 Å². The van der Waals surface area contributed by atoms with E-state index in [1.54, 1.807) is 21.3 Å². The number of hydrogen-bond donors (Lipinski definition) is 0. The van der Waals surface area contributed by atoms with Crippen LogP contribution in [0.15, 0.2) is 30.3 Å². The minimum atomic E-state index is -2.58. The Kier molecular flexibility index (Phi) is 6.36. The minimum absolute atomic E-state index is 0.213. The summed E-state index contributed by atoms with van der Waals surface area (Å²) in [7, 11) is 2.38. The molecule has 1 rings (SSSR count). The Balaban J connectivity index is 2.83. The van der Waals surface area contributed by atoms with Crippen LogP contribution < -0.4 is 0 Å². The molecule has 0 saturated carbocycles. The van der Waals surface area contributed by atoms with Crippen LogP contribution in [-0.2, 0) is 19.7 Å². The van der Waals surface area contributed by atoms with E-state index in [0.717, 1.165) is 11.8 Å². The topological polar surface area (TPSA) is 27.7 Å². The van der Waals surface area contributed by atoms with E-state index in [0.29, 0.717) is 0 Å². The van der Waals surface area contributed by atoms with E-state index in [4.69, 9.17) is 13.3 Å². The fourth-order valence-corrected chi connectivity index (χ4v) is 5.52. The van der Waals surface area contributed by atoms with Crippen molar-refractivity contribution in [1.82, 2.24) is 0 Å². The molecule has 1 aromatic rings. The molecule has 17 heavy (non-hydrogen) atoms. The Hall–Kier alpha value is -0.203. The molecule has 0 bridgehead atoms. The standard InChI is InChI=1S/C12H19BrO3Si/c1-14-17(15-2,16-3)12(10-13)9-11-7-5-4-6-8-11/h4-8,12H,9-10H2,1-3H3. The van der Waals surface area contributed by atoms with Crippen molar-refractivity contribution < 1.29 is 13.3 Å². The van der Waals surface area contributed by atoms with Gasteiger partial charge >= 0.3 is 8.80 Å². The number of alkyl halides is 1. The van der Waals surface area contributed by atoms with E-state index >= 15 is 0 Å². The van der Waals surface area contributed by atoms with Crippen LogP contribution in [0.5, 0.6) is 0 Å². The van der Waals surface area contributed by atoms with Gasteiger partial charge in [-0.1, -0.05) is 46.3 Å². The molecule has 1 aromatic carbocycles. The normalized spacial score (nSPS) is 13.6. The zero-order valence-corrected chi connectivity index (χ0v) is 13.1. The van der Waals surface area contributed by atoms with E-state index in [-0.39, 0.29) is 5.54 Å². The zero-order valence-electron chi connectivity index (χ0n) is 10.5. The van der Waals surface area contributed by atoms with Gasteiger partial charge in [0.25, 0.3) is 0 Å². The largest absolute Gasteiger partial charge is 0.504 e. The molecule has 1 unspecified atom stereocenters. The Labute approximate surface area is 113 Å². The first-order chi connectivity index (χ1) is 8.22. The molecule has 96 valence electrons. The monoisotopic (exact) mass is 318 g/mol. The van der Waals surface area contributed by atoms with Crippen molar-refractivity contribution in [3.63, 3.8) is 0 Å². The summed E-state index contributed by atoms with van der Waals surface area (Å²) in [6, 6.07) is 10.3. The Morgan fingerprint density at radius 3 is 2.00 bits per heavy atom. The zero-order chi connectivity index (χ0) is 12.7. The van der Waals surface area contributed by atoms with Gasteiger partial charge in [-0.15, -0.1) is 0 Å². The highest BCUT2D eigenvalue weighted by atomic mass is 79.9. The molecule has 0 aliphatic carbocycles. The van der Waals surface area contributed by atoms with Gasteiger partial charge in [0, 0.05) is 32.2 Å². The lowest BCUT2D eigenvalue weighted by Crippen LogP contribution is -2.49. The lowest BCUT2D eigenvalue weighted by Gasteiger charge is -2.31. The molecule has 0 heterocycles. The van der Waals surface area contributed by atoms with E-state index in [1.165, 1.54) is 5.56 Å². The molecule has 3 nitrogen and oxygen atoms in total. The first-order valence-corrected chi connectivity index (χ1v) is 8.40. The van der Waals surface area contributed by atoms with Crippen LogP contribution in [0.25, 0.3) is 0 Å². The Morgan fingerprint density at radius 1 is 1.06 bits per heavy atom. The maximum absolute atomic E-state index is 5.53. The van der Waals surface area contributed by atoms with Crippen LogP contribution in [0, 0.1) is 0 Å². The second-order valence-electron chi connectivity index (χ2n) is 3.76. The summed E-state index contributed by atoms with van der Waals surface area (Å²) < 4.78 is 16.6. The van der Waals surface area contributed by atoms with E-state index < -0.39 is 8.80 Å². The fourth-order valence-electron chi connectivity index (χ4n) is 1.92. The molecule has 0 aromatic heterocycles. The Bertz CT molecular complexity index is 309. The SMILES string of the molecule is CO[Si](OC)(OC)C(CBr)Cc1ccccc1. The van der Waals surface area contributed by atoms with Gasteiger partial charge in [-0.2, -0.15) is 0 Å². The average molecular weight is 319 g/mol. The van der Waals surface area contributed by atoms with Crippen molar-refractivity contribution in [3.8, 4) is 0 Å². The molecule has 0 amide bonds. The first kappa shape index (κ1) is 14.9. The molecule has 0 radical (unpaired) electrons. The molecule has 0 fully saturated rings. The van der Waals surface area contributed by atoms with E-state index in [1.807, 2.05) is 18.2 Å². The summed E-state index contributed by atoms with van der Waals surface area (Å²) in [5.74, 6) is 0. The van der Waals surface area contributed by atoms with Crippen LogP contribution in [0.3, 0.4) is 0 Å². The third kappa shape index (κ3) is 3.63. The van der Waals surface area contributed by atoms with Crippen LogP contribution in [0.1, 0.15) is 5.56 Å². The fraction of sp³-hybridized carbons (Fsp3) is 0.500. The van der Waals surface area contributed by atoms with Gasteiger partial charge in [-0.05, 0) is 12.0 Å². The van der Waals surface area contributed by atoms with Gasteiger partial charge in [0.1, 0.15) is 0 Å². The number of rotatable bonds is 7. The molecule has 0 saturated heterocycles. The third-order valence-electron chi connectivity index (χ3n) is 2.86. The number of benzene rings is 1. The number of halogens is 1. The molecule has 1 atom stereocenters. The van der Waals surface area contributed by atoms with Crippen molar-refractivity contribution in [2.24, 2.45) is 0 Å². The molecule has 0 aliphatic rings. The van der Waals surface area contributed by atoms with Gasteiger partial charge in [-0.3, -0.25) is 0 Å². The van der Waals surface area contributed by atoms with Gasteiger partial charge < -0.3 is 13.3 Å². The highest BCUT2D eigenvalue weighted by molar-refractivity contribution is 9.09. The number of hydrogen-bond acceptors (Lipinski definition) is 3. The summed E-state index contributed by atoms with van der Waals surface area (Å²) in [6.07, 6.45) is 0.883. The van der Waals surface area contributed by atoms with Crippen molar-refractivity contribution in [2.75, 3.05) is 26.7 Å². The predicted octanol–water partition coefficient (Wildman–Crippen LogP) is 2.87. The highest BCUT2D eigenvalue weighted by Gasteiger charge is 2.46. The van der Waals surface area contributed by atoms with E-state index in [2.05, 4.69) is 28.1 Å². The molecular formula is C12H19BrO3Si. The van der Waals surface area contributed by atoms with E-state index in [9.17, 15) is 0 Å². The highest BCUT2D eigenvalue weighted by Crippen LogP contribution is 2.29. The molecule has 0 N–H and O–H groups in total. The maximum Gasteiger partial charge on any atom is 0.504 e. The van der Waals surface area contributed by atoms with Crippen LogP contribution >= 0.6 is 15.9 Å². The van der Waals surface area contributed by atoms with Crippen molar-refractivity contribution >= 4 is 24.7 Å². The summed E-state index contributed by atoms with van der Waals surface area (Å²) in [6.45, 7) is 0. The second kappa shape index (κ2) is 7.28. The van der Waals surface area contributed by atoms with Gasteiger partial charge in [0.15, 0.2) is 0 Å². The lowest BCUT2D eigenvalue weighted by molar-refractivity contribution is 0.113. The second-order valence-corrected chi connectivity index (χ2v) is 7.65. The maximum atomic E-state index is 5.53. The summed E-state index contributed by atoms with van der Waals surface area (Å²) in [4.78, 5) is 0. The summed E-state index contributed by atoms with van der Waals surface area (Å²) in [5, 5.41) is 0.795. The minimum Gasteiger partial charge on any atom is -0.377 e. The van der Waals surface area contributed by atoms with Crippen molar-refractivity contribution in [2.45, 2.75) is 12.0 Å². The van der Waals surface area contributed by atoms with Crippen LogP contribution in [0.2, 0.25) is 5.54 Å². The Morgan fingerprint density at radius 2 is 1.59 bits per heavy atom. The molecule has 0 spiro atoms. The summed E-state index contributed by atoms with van der Waals surface area (Å²) >= 11 is 3.53. The van der Waals surface area contributed by atoms with Crippen molar-refractivity contribution in [1.29, 1.82) is 0 Å².